The predicted octanol–water partition coefficient (Wildman–Crippen LogP) is -1.16. The Labute approximate surface area is 116 Å². The number of hydrogen-bond donors (Lipinski definition) is 3. The number of piperidine rings is 1. The van der Waals surface area contributed by atoms with Crippen molar-refractivity contribution in [2.45, 2.75) is 24.8 Å². The van der Waals surface area contributed by atoms with Crippen LogP contribution in [0.15, 0.2) is 0 Å². The zero-order chi connectivity index (χ0) is 14.8. The fraction of sp³-hybridized carbons (Fsp3) is 0.750. The number of nitrogens with zero attached hydrogens (tertiary/aromatic N) is 2. The molecule has 3 N–H and O–H groups in total. The number of imide groups is 1. The molecule has 1 spiro atoms. The number of carboxylic acid groups (broad SMARTS) is 1. The highest BCUT2D eigenvalue weighted by atomic mass is 16.4. The van der Waals surface area contributed by atoms with Crippen molar-refractivity contribution in [1.82, 2.24) is 15.1 Å². The number of carbonyl (C=O) groups excluding carboxylic acids is 2. The zero-order valence-corrected chi connectivity index (χ0v) is 11.2. The Bertz CT molecular complexity index is 417. The molecule has 0 atom stereocenters. The van der Waals surface area contributed by atoms with Crippen LogP contribution in [0.4, 0.5) is 4.79 Å². The first kappa shape index (κ1) is 14.7. The minimum absolute atomic E-state index is 0.129. The molecule has 112 valence electrons. The molecule has 0 aromatic carbocycles. The van der Waals surface area contributed by atoms with Crippen LogP contribution in [-0.2, 0) is 9.59 Å². The highest BCUT2D eigenvalue weighted by molar-refractivity contribution is 6.08. The third-order valence-electron chi connectivity index (χ3n) is 3.88. The summed E-state index contributed by atoms with van der Waals surface area (Å²) in [4.78, 5) is 37.6. The summed E-state index contributed by atoms with van der Waals surface area (Å²) in [5.74, 6) is -1.64. The van der Waals surface area contributed by atoms with E-state index in [0.717, 1.165) is 11.4 Å². The van der Waals surface area contributed by atoms with Gasteiger partial charge >= 0.3 is 12.0 Å². The number of amides is 3. The molecule has 2 fully saturated rings. The zero-order valence-electron chi connectivity index (χ0n) is 11.2. The Kier molecular flexibility index (Phi) is 4.24. The Balaban J connectivity index is 1.98. The molecular formula is C12H19N3O5. The van der Waals surface area contributed by atoms with Crippen molar-refractivity contribution in [3.8, 4) is 0 Å². The summed E-state index contributed by atoms with van der Waals surface area (Å²) in [5, 5.41) is 20.2. The first-order valence-corrected chi connectivity index (χ1v) is 6.67. The number of nitrogens with one attached hydrogen (secondary N) is 1. The van der Waals surface area contributed by atoms with Crippen molar-refractivity contribution in [3.05, 3.63) is 0 Å². The molecule has 0 bridgehead atoms. The molecule has 2 aliphatic heterocycles. The SMILES string of the molecule is O=C(O)CN1C(=O)NC2(CCN(CCCO)CC2)C1=O. The molecule has 0 aliphatic carbocycles. The molecule has 2 rings (SSSR count). The predicted molar refractivity (Wildman–Crippen MR) is 68.0 cm³/mol. The number of aliphatic hydroxyl groups is 1. The minimum atomic E-state index is -1.20. The highest BCUT2D eigenvalue weighted by Crippen LogP contribution is 2.29. The topological polar surface area (TPSA) is 110 Å². The molecule has 0 saturated carbocycles. The van der Waals surface area contributed by atoms with E-state index in [0.29, 0.717) is 32.4 Å². The molecule has 2 heterocycles. The van der Waals surface area contributed by atoms with Gasteiger partial charge in [0.25, 0.3) is 5.91 Å². The van der Waals surface area contributed by atoms with E-state index in [-0.39, 0.29) is 6.61 Å². The Morgan fingerprint density at radius 1 is 1.30 bits per heavy atom. The van der Waals surface area contributed by atoms with E-state index < -0.39 is 30.0 Å². The second-order valence-corrected chi connectivity index (χ2v) is 5.22. The van der Waals surface area contributed by atoms with Crippen LogP contribution in [0, 0.1) is 0 Å². The van der Waals surface area contributed by atoms with E-state index >= 15 is 0 Å². The van der Waals surface area contributed by atoms with Crippen LogP contribution in [0.5, 0.6) is 0 Å². The van der Waals surface area contributed by atoms with Crippen LogP contribution in [0.3, 0.4) is 0 Å². The van der Waals surface area contributed by atoms with Gasteiger partial charge in [0.05, 0.1) is 0 Å². The van der Waals surface area contributed by atoms with Crippen molar-refractivity contribution in [1.29, 1.82) is 0 Å². The van der Waals surface area contributed by atoms with Crippen molar-refractivity contribution < 1.29 is 24.6 Å². The molecule has 20 heavy (non-hydrogen) atoms. The smallest absolute Gasteiger partial charge is 0.325 e. The summed E-state index contributed by atoms with van der Waals surface area (Å²) >= 11 is 0. The second-order valence-electron chi connectivity index (χ2n) is 5.22. The first-order chi connectivity index (χ1) is 9.48. The maximum atomic E-state index is 12.3. The number of aliphatic hydroxyl groups excluding tert-OH is 1. The monoisotopic (exact) mass is 285 g/mol. The minimum Gasteiger partial charge on any atom is -0.480 e. The normalized spacial score (nSPS) is 22.4. The number of aliphatic carboxylic acids is 1. The summed E-state index contributed by atoms with van der Waals surface area (Å²) in [7, 11) is 0. The van der Waals surface area contributed by atoms with Gasteiger partial charge in [0.2, 0.25) is 0 Å². The maximum absolute atomic E-state index is 12.3. The summed E-state index contributed by atoms with van der Waals surface area (Å²) in [6.07, 6.45) is 1.62. The van der Waals surface area contributed by atoms with Crippen molar-refractivity contribution in [2.75, 3.05) is 32.8 Å². The molecule has 2 aliphatic rings. The maximum Gasteiger partial charge on any atom is 0.325 e. The third-order valence-corrected chi connectivity index (χ3v) is 3.88. The Hall–Kier alpha value is -1.67. The summed E-state index contributed by atoms with van der Waals surface area (Å²) in [5.41, 5.74) is -0.942. The Morgan fingerprint density at radius 2 is 1.95 bits per heavy atom. The van der Waals surface area contributed by atoms with Crippen LogP contribution in [0.1, 0.15) is 19.3 Å². The number of hydrogen-bond acceptors (Lipinski definition) is 5. The number of carboxylic acids is 1. The van der Waals surface area contributed by atoms with Gasteiger partial charge in [-0.25, -0.2) is 4.79 Å². The van der Waals surface area contributed by atoms with Gasteiger partial charge in [0, 0.05) is 26.2 Å². The number of rotatable bonds is 5. The molecule has 0 unspecified atom stereocenters. The van der Waals surface area contributed by atoms with Gasteiger partial charge in [0.15, 0.2) is 0 Å². The van der Waals surface area contributed by atoms with E-state index in [2.05, 4.69) is 10.2 Å². The van der Waals surface area contributed by atoms with E-state index in [1.54, 1.807) is 0 Å². The van der Waals surface area contributed by atoms with E-state index in [9.17, 15) is 14.4 Å². The molecule has 8 nitrogen and oxygen atoms in total. The summed E-state index contributed by atoms with van der Waals surface area (Å²) < 4.78 is 0. The summed E-state index contributed by atoms with van der Waals surface area (Å²) in [6.45, 7) is 1.58. The number of urea groups is 1. The number of carbonyl (C=O) groups is 3. The van der Waals surface area contributed by atoms with E-state index in [4.69, 9.17) is 10.2 Å². The fourth-order valence-corrected chi connectivity index (χ4v) is 2.75. The van der Waals surface area contributed by atoms with E-state index in [1.807, 2.05) is 0 Å². The van der Waals surface area contributed by atoms with Gasteiger partial charge in [-0.15, -0.1) is 0 Å². The average molecular weight is 285 g/mol. The lowest BCUT2D eigenvalue weighted by molar-refractivity contribution is -0.143. The van der Waals surface area contributed by atoms with Gasteiger partial charge in [0.1, 0.15) is 12.1 Å². The standard InChI is InChI=1S/C12H19N3O5/c16-7-1-4-14-5-2-12(3-6-14)10(19)15(8-9(17)18)11(20)13-12/h16H,1-8H2,(H,13,20)(H,17,18). The van der Waals surface area contributed by atoms with Gasteiger partial charge in [-0.2, -0.15) is 0 Å². The van der Waals surface area contributed by atoms with Crippen LogP contribution in [0.25, 0.3) is 0 Å². The van der Waals surface area contributed by atoms with Gasteiger partial charge in [-0.3, -0.25) is 14.5 Å². The Morgan fingerprint density at radius 3 is 2.50 bits per heavy atom. The fourth-order valence-electron chi connectivity index (χ4n) is 2.75. The second kappa shape index (κ2) is 5.76. The first-order valence-electron chi connectivity index (χ1n) is 6.67. The molecule has 0 radical (unpaired) electrons. The average Bonchev–Trinajstić information content (AvgIpc) is 2.63. The molecule has 3 amide bonds. The lowest BCUT2D eigenvalue weighted by atomic mass is 9.87. The van der Waals surface area contributed by atoms with Crippen molar-refractivity contribution in [3.63, 3.8) is 0 Å². The lowest BCUT2D eigenvalue weighted by Gasteiger charge is -2.37. The van der Waals surface area contributed by atoms with Gasteiger partial charge in [-0.05, 0) is 19.3 Å². The summed E-state index contributed by atoms with van der Waals surface area (Å²) in [6, 6.07) is -0.624. The van der Waals surface area contributed by atoms with Gasteiger partial charge in [-0.1, -0.05) is 0 Å². The van der Waals surface area contributed by atoms with Crippen LogP contribution in [-0.4, -0.2) is 76.2 Å². The van der Waals surface area contributed by atoms with Crippen LogP contribution < -0.4 is 5.32 Å². The lowest BCUT2D eigenvalue weighted by Crippen LogP contribution is -2.55. The quantitative estimate of drug-likeness (QED) is 0.550. The van der Waals surface area contributed by atoms with Crippen molar-refractivity contribution >= 4 is 17.9 Å². The van der Waals surface area contributed by atoms with E-state index in [1.165, 1.54) is 0 Å². The van der Waals surface area contributed by atoms with Crippen molar-refractivity contribution in [2.24, 2.45) is 0 Å². The van der Waals surface area contributed by atoms with Crippen LogP contribution in [0.2, 0.25) is 0 Å². The molecule has 8 heteroatoms. The molecular weight excluding hydrogens is 266 g/mol. The highest BCUT2D eigenvalue weighted by Gasteiger charge is 2.52. The molecule has 0 aromatic rings. The van der Waals surface area contributed by atoms with Gasteiger partial charge < -0.3 is 20.4 Å². The largest absolute Gasteiger partial charge is 0.480 e. The number of likely N-dealkylation sites (tertiary alicyclic amines) is 1. The van der Waals surface area contributed by atoms with Crippen LogP contribution >= 0.6 is 0 Å². The molecule has 0 aromatic heterocycles. The third kappa shape index (κ3) is 2.75. The molecule has 2 saturated heterocycles.